The smallest absolute Gasteiger partial charge is 0.167 e. The van der Waals surface area contributed by atoms with Crippen LogP contribution in [-0.2, 0) is 0 Å². The second-order valence-corrected chi connectivity index (χ2v) is 7.66. The van der Waals surface area contributed by atoms with Crippen LogP contribution in [0.25, 0.3) is 0 Å². The third kappa shape index (κ3) is 4.80. The summed E-state index contributed by atoms with van der Waals surface area (Å²) in [4.78, 5) is 0. The molecule has 0 aliphatic heterocycles. The largest absolute Gasteiger partial charge is 0.196 e. The Kier molecular flexibility index (Phi) is 6.86. The quantitative estimate of drug-likeness (QED) is 0.460. The van der Waals surface area contributed by atoms with Gasteiger partial charge in [0.05, 0.1) is 12.1 Å². The van der Waals surface area contributed by atoms with Crippen LogP contribution in [0.3, 0.4) is 0 Å². The van der Waals surface area contributed by atoms with Gasteiger partial charge in [0.1, 0.15) is 0 Å². The molecule has 0 saturated heterocycles. The molecule has 2 rings (SSSR count). The van der Waals surface area contributed by atoms with Crippen LogP contribution in [0.5, 0.6) is 0 Å². The van der Waals surface area contributed by atoms with Crippen LogP contribution < -0.4 is 0 Å². The maximum absolute atomic E-state index is 9.69. The molecule has 3 heteroatoms. The molecule has 0 heterocycles. The van der Waals surface area contributed by atoms with Crippen molar-refractivity contribution in [1.29, 1.82) is 5.26 Å². The van der Waals surface area contributed by atoms with Gasteiger partial charge in [-0.1, -0.05) is 51.4 Å². The van der Waals surface area contributed by atoms with Crippen LogP contribution in [0.4, 0.5) is 0 Å². The molecule has 0 aromatic heterocycles. The molecule has 0 spiro atoms. The molecule has 2 aliphatic rings. The molecule has 0 bridgehead atoms. The van der Waals surface area contributed by atoms with Crippen molar-refractivity contribution in [3.8, 4) is 6.07 Å². The predicted octanol–water partition coefficient (Wildman–Crippen LogP) is 6.05. The molecular formula is C19H33N3. The van der Waals surface area contributed by atoms with Crippen LogP contribution >= 0.6 is 0 Å². The van der Waals surface area contributed by atoms with Crippen LogP contribution in [-0.4, -0.2) is 11.6 Å². The molecule has 124 valence electrons. The van der Waals surface area contributed by atoms with Crippen molar-refractivity contribution in [3.05, 3.63) is 0 Å². The predicted molar refractivity (Wildman–Crippen MR) is 90.7 cm³/mol. The minimum atomic E-state index is -0.608. The van der Waals surface area contributed by atoms with E-state index in [1.165, 1.54) is 64.2 Å². The lowest BCUT2D eigenvalue weighted by atomic mass is 9.82. The summed E-state index contributed by atoms with van der Waals surface area (Å²) in [6.07, 6.45) is 15.4. The number of hydrogen-bond acceptors (Lipinski definition) is 3. The average molecular weight is 303 g/mol. The Morgan fingerprint density at radius 2 is 1.41 bits per heavy atom. The Morgan fingerprint density at radius 3 is 1.91 bits per heavy atom. The molecule has 2 fully saturated rings. The Morgan fingerprint density at radius 1 is 0.909 bits per heavy atom. The topological polar surface area (TPSA) is 48.5 Å². The van der Waals surface area contributed by atoms with Gasteiger partial charge in [0.15, 0.2) is 5.54 Å². The van der Waals surface area contributed by atoms with Gasteiger partial charge in [0.2, 0.25) is 0 Å². The summed E-state index contributed by atoms with van der Waals surface area (Å²) < 4.78 is 0. The van der Waals surface area contributed by atoms with Crippen molar-refractivity contribution in [2.45, 2.75) is 102 Å². The van der Waals surface area contributed by atoms with Gasteiger partial charge in [-0.3, -0.25) is 0 Å². The van der Waals surface area contributed by atoms with E-state index in [1.54, 1.807) is 0 Å². The number of rotatable bonds is 4. The fourth-order valence-corrected chi connectivity index (χ4v) is 4.14. The van der Waals surface area contributed by atoms with Crippen molar-refractivity contribution in [3.63, 3.8) is 0 Å². The van der Waals surface area contributed by atoms with Gasteiger partial charge in [0, 0.05) is 0 Å². The Bertz CT molecular complexity index is 382. The third-order valence-electron chi connectivity index (χ3n) is 5.91. The zero-order chi connectivity index (χ0) is 15.8. The van der Waals surface area contributed by atoms with E-state index in [2.05, 4.69) is 23.2 Å². The highest BCUT2D eigenvalue weighted by molar-refractivity contribution is 5.08. The summed E-state index contributed by atoms with van der Waals surface area (Å²) in [7, 11) is 0. The van der Waals surface area contributed by atoms with Gasteiger partial charge in [-0.25, -0.2) is 0 Å². The monoisotopic (exact) mass is 303 g/mol. The van der Waals surface area contributed by atoms with Crippen LogP contribution in [0, 0.1) is 23.2 Å². The first-order valence-corrected chi connectivity index (χ1v) is 9.49. The molecule has 2 unspecified atom stereocenters. The lowest BCUT2D eigenvalue weighted by molar-refractivity contribution is 0.302. The van der Waals surface area contributed by atoms with E-state index in [1.807, 2.05) is 6.92 Å². The molecule has 0 N–H and O–H groups in total. The molecule has 2 aliphatic carbocycles. The number of nitrogens with zero attached hydrogens (tertiary/aromatic N) is 3. The lowest BCUT2D eigenvalue weighted by Crippen LogP contribution is -2.31. The molecule has 22 heavy (non-hydrogen) atoms. The van der Waals surface area contributed by atoms with Gasteiger partial charge in [-0.2, -0.15) is 15.5 Å². The summed E-state index contributed by atoms with van der Waals surface area (Å²) in [6, 6.07) is 2.76. The van der Waals surface area contributed by atoms with Gasteiger partial charge < -0.3 is 0 Å². The van der Waals surface area contributed by atoms with Crippen molar-refractivity contribution in [2.75, 3.05) is 0 Å². The molecule has 0 radical (unpaired) electrons. The van der Waals surface area contributed by atoms with Gasteiger partial charge >= 0.3 is 0 Å². The Hall–Kier alpha value is -0.910. The first-order valence-electron chi connectivity index (χ1n) is 9.49. The molecule has 0 aromatic carbocycles. The molecule has 2 saturated carbocycles. The van der Waals surface area contributed by atoms with E-state index < -0.39 is 5.54 Å². The van der Waals surface area contributed by atoms with Gasteiger partial charge in [-0.15, -0.1) is 0 Å². The van der Waals surface area contributed by atoms with Crippen LogP contribution in [0.15, 0.2) is 10.2 Å². The first kappa shape index (κ1) is 17.4. The summed E-state index contributed by atoms with van der Waals surface area (Å²) in [5.74, 6) is 1.06. The number of nitriles is 1. The second kappa shape index (κ2) is 8.65. The standard InChI is InChI=1S/C19H33N3/c1-16(17-11-7-3-4-8-12-17)21-22-19(2,15-20)18-13-9-5-6-10-14-18/h16-18H,3-14H2,1-2H3/b22-21+. The lowest BCUT2D eigenvalue weighted by Gasteiger charge is -2.27. The zero-order valence-corrected chi connectivity index (χ0v) is 14.6. The maximum atomic E-state index is 9.69. The molecule has 0 aromatic rings. The number of hydrogen-bond donors (Lipinski definition) is 0. The van der Waals surface area contributed by atoms with E-state index >= 15 is 0 Å². The number of azo groups is 1. The SMILES string of the molecule is CC(/N=N/C(C)(C#N)C1CCCCCC1)C1CCCCCC1. The van der Waals surface area contributed by atoms with E-state index in [0.29, 0.717) is 11.8 Å². The highest BCUT2D eigenvalue weighted by Gasteiger charge is 2.35. The molecular weight excluding hydrogens is 270 g/mol. The summed E-state index contributed by atoms with van der Waals surface area (Å²) in [6.45, 7) is 4.21. The van der Waals surface area contributed by atoms with Gasteiger partial charge in [0.25, 0.3) is 0 Å². The van der Waals surface area contributed by atoms with E-state index in [9.17, 15) is 5.26 Å². The van der Waals surface area contributed by atoms with Crippen molar-refractivity contribution >= 4 is 0 Å². The third-order valence-corrected chi connectivity index (χ3v) is 5.91. The van der Waals surface area contributed by atoms with E-state index in [0.717, 1.165) is 12.8 Å². The normalized spacial score (nSPS) is 26.8. The average Bonchev–Trinajstić information content (AvgIpc) is 2.97. The minimum absolute atomic E-state index is 0.275. The molecule has 2 atom stereocenters. The zero-order valence-electron chi connectivity index (χ0n) is 14.6. The Balaban J connectivity index is 1.98. The van der Waals surface area contributed by atoms with Crippen molar-refractivity contribution in [1.82, 2.24) is 0 Å². The van der Waals surface area contributed by atoms with E-state index in [-0.39, 0.29) is 6.04 Å². The van der Waals surface area contributed by atoms with E-state index in [4.69, 9.17) is 0 Å². The summed E-state index contributed by atoms with van der Waals surface area (Å²) in [5, 5.41) is 18.9. The highest BCUT2D eigenvalue weighted by Crippen LogP contribution is 2.35. The molecule has 3 nitrogen and oxygen atoms in total. The summed E-state index contributed by atoms with van der Waals surface area (Å²) in [5.41, 5.74) is -0.608. The van der Waals surface area contributed by atoms with Crippen LogP contribution in [0.2, 0.25) is 0 Å². The van der Waals surface area contributed by atoms with Gasteiger partial charge in [-0.05, 0) is 51.4 Å². The summed E-state index contributed by atoms with van der Waals surface area (Å²) >= 11 is 0. The minimum Gasteiger partial charge on any atom is -0.196 e. The highest BCUT2D eigenvalue weighted by atomic mass is 15.2. The second-order valence-electron chi connectivity index (χ2n) is 7.66. The van der Waals surface area contributed by atoms with Crippen molar-refractivity contribution < 1.29 is 0 Å². The van der Waals surface area contributed by atoms with Crippen LogP contribution in [0.1, 0.15) is 90.9 Å². The fourth-order valence-electron chi connectivity index (χ4n) is 4.14. The molecule has 0 amide bonds. The fraction of sp³-hybridized carbons (Fsp3) is 0.947. The van der Waals surface area contributed by atoms with Crippen molar-refractivity contribution in [2.24, 2.45) is 22.1 Å². The maximum Gasteiger partial charge on any atom is 0.167 e. The first-order chi connectivity index (χ1) is 10.7. The Labute approximate surface area is 136 Å².